The van der Waals surface area contributed by atoms with Crippen LogP contribution >= 0.6 is 0 Å². The molecule has 0 saturated carbocycles. The van der Waals surface area contributed by atoms with Gasteiger partial charge in [-0.05, 0) is 90.9 Å². The molecule has 3 aliphatic rings. The van der Waals surface area contributed by atoms with Crippen molar-refractivity contribution < 1.29 is 0 Å². The molecule has 3 aliphatic heterocycles. The third-order valence-electron chi connectivity index (χ3n) is 5.77. The van der Waals surface area contributed by atoms with Gasteiger partial charge in [-0.3, -0.25) is 0 Å². The second-order valence-corrected chi connectivity index (χ2v) is 8.24. The second-order valence-electron chi connectivity index (χ2n) is 8.24. The Morgan fingerprint density at radius 1 is 0.545 bits per heavy atom. The molecule has 5 nitrogen and oxygen atoms in total. The summed E-state index contributed by atoms with van der Waals surface area (Å²) in [5.74, 6) is 0. The number of hydrogen-bond acceptors (Lipinski definition) is 3. The van der Waals surface area contributed by atoms with Crippen molar-refractivity contribution in [3.63, 3.8) is 0 Å². The molecule has 3 aromatic heterocycles. The molecule has 33 heavy (non-hydrogen) atoms. The maximum Gasteiger partial charge on any atom is 0.0658 e. The first kappa shape index (κ1) is 19.3. The first-order chi connectivity index (χ1) is 16.3. The highest BCUT2D eigenvalue weighted by Gasteiger charge is 2.06. The van der Waals surface area contributed by atoms with Crippen LogP contribution in [0.15, 0.2) is 72.8 Å². The molecular weight excluding hydrogens is 406 g/mol. The number of aromatic amines is 2. The van der Waals surface area contributed by atoms with E-state index >= 15 is 0 Å². The van der Waals surface area contributed by atoms with E-state index in [9.17, 15) is 0 Å². The molecule has 8 bridgehead atoms. The predicted molar refractivity (Wildman–Crippen MR) is 137 cm³/mol. The standard InChI is InChI=1S/C20H14N4.C8H9N/c1-2-14-10-16-5-6-18(23-16)12-20-8-7-19(24-20)11-17-4-3-15(22-17)9-13(1)21-14;1-2-4-8-7(3-1)5-6-9-8/h1-12,21,24H;1-4,9H,5-6H2. The Hall–Kier alpha value is -4.38. The van der Waals surface area contributed by atoms with Gasteiger partial charge in [0.15, 0.2) is 0 Å². The molecule has 0 amide bonds. The van der Waals surface area contributed by atoms with Crippen LogP contribution in [0, 0.1) is 0 Å². The summed E-state index contributed by atoms with van der Waals surface area (Å²) in [6, 6.07) is 24.8. The third kappa shape index (κ3) is 4.34. The third-order valence-corrected chi connectivity index (χ3v) is 5.77. The van der Waals surface area contributed by atoms with Crippen molar-refractivity contribution in [2.45, 2.75) is 6.42 Å². The van der Waals surface area contributed by atoms with Gasteiger partial charge in [-0.25, -0.2) is 9.97 Å². The average molecular weight is 430 g/mol. The van der Waals surface area contributed by atoms with Crippen LogP contribution in [-0.4, -0.2) is 26.5 Å². The summed E-state index contributed by atoms with van der Waals surface area (Å²) < 4.78 is 0. The minimum Gasteiger partial charge on any atom is -0.384 e. The summed E-state index contributed by atoms with van der Waals surface area (Å²) in [4.78, 5) is 16.0. The molecule has 0 atom stereocenters. The van der Waals surface area contributed by atoms with E-state index < -0.39 is 0 Å². The van der Waals surface area contributed by atoms with Crippen molar-refractivity contribution in [1.82, 2.24) is 19.9 Å². The van der Waals surface area contributed by atoms with E-state index in [1.54, 1.807) is 0 Å². The van der Waals surface area contributed by atoms with Crippen molar-refractivity contribution in [2.75, 3.05) is 11.9 Å². The highest BCUT2D eigenvalue weighted by Crippen LogP contribution is 2.20. The second kappa shape index (κ2) is 8.28. The molecule has 0 aliphatic carbocycles. The number of benzene rings is 1. The summed E-state index contributed by atoms with van der Waals surface area (Å²) >= 11 is 0. The summed E-state index contributed by atoms with van der Waals surface area (Å²) in [6.07, 6.45) is 9.28. The number of H-pyrrole nitrogens is 2. The smallest absolute Gasteiger partial charge is 0.0658 e. The fourth-order valence-electron chi connectivity index (χ4n) is 4.19. The zero-order chi connectivity index (χ0) is 22.0. The molecule has 4 aromatic rings. The molecule has 0 radical (unpaired) electrons. The maximum absolute atomic E-state index is 4.63. The minimum atomic E-state index is 0.939. The maximum atomic E-state index is 4.63. The van der Waals surface area contributed by atoms with Gasteiger partial charge < -0.3 is 15.3 Å². The fourth-order valence-corrected chi connectivity index (χ4v) is 4.19. The molecular formula is C28H23N5. The topological polar surface area (TPSA) is 69.4 Å². The van der Waals surface area contributed by atoms with Crippen LogP contribution in [0.2, 0.25) is 0 Å². The quantitative estimate of drug-likeness (QED) is 0.265. The van der Waals surface area contributed by atoms with Crippen LogP contribution in [0.1, 0.15) is 28.3 Å². The molecule has 5 heteroatoms. The number of fused-ring (bicyclic) bond motifs is 9. The van der Waals surface area contributed by atoms with E-state index in [2.05, 4.69) is 73.8 Å². The predicted octanol–water partition coefficient (Wildman–Crippen LogP) is 6.31. The van der Waals surface area contributed by atoms with Gasteiger partial charge >= 0.3 is 0 Å². The number of aromatic nitrogens is 4. The van der Waals surface area contributed by atoms with Crippen LogP contribution < -0.4 is 5.32 Å². The lowest BCUT2D eigenvalue weighted by molar-refractivity contribution is 1.11. The van der Waals surface area contributed by atoms with Gasteiger partial charge in [-0.1, -0.05) is 18.2 Å². The summed E-state index contributed by atoms with van der Waals surface area (Å²) in [5, 5.41) is 3.30. The van der Waals surface area contributed by atoms with Gasteiger partial charge in [0.1, 0.15) is 0 Å². The molecule has 0 unspecified atom stereocenters. The molecule has 0 saturated heterocycles. The van der Waals surface area contributed by atoms with E-state index in [4.69, 9.17) is 0 Å². The Morgan fingerprint density at radius 3 is 1.45 bits per heavy atom. The Morgan fingerprint density at radius 2 is 1.00 bits per heavy atom. The normalized spacial score (nSPS) is 13.2. The van der Waals surface area contributed by atoms with Crippen LogP contribution in [0.4, 0.5) is 5.69 Å². The van der Waals surface area contributed by atoms with Crippen molar-refractivity contribution in [2.24, 2.45) is 0 Å². The van der Waals surface area contributed by atoms with E-state index in [0.29, 0.717) is 0 Å². The zero-order valence-electron chi connectivity index (χ0n) is 18.0. The fraction of sp³-hybridized carbons (Fsp3) is 0.0714. The average Bonchev–Trinajstić information content (AvgIpc) is 3.63. The van der Waals surface area contributed by atoms with Gasteiger partial charge in [-0.2, -0.15) is 0 Å². The van der Waals surface area contributed by atoms with E-state index in [1.165, 1.54) is 17.7 Å². The lowest BCUT2D eigenvalue weighted by Gasteiger charge is -1.94. The highest BCUT2D eigenvalue weighted by atomic mass is 14.9. The Labute approximate surface area is 191 Å². The first-order valence-electron chi connectivity index (χ1n) is 11.1. The molecule has 160 valence electrons. The highest BCUT2D eigenvalue weighted by molar-refractivity contribution is 5.77. The van der Waals surface area contributed by atoms with Crippen molar-refractivity contribution in [3.8, 4) is 0 Å². The van der Waals surface area contributed by atoms with E-state index in [-0.39, 0.29) is 0 Å². The Balaban J connectivity index is 0.000000192. The van der Waals surface area contributed by atoms with Crippen LogP contribution in [-0.2, 0) is 6.42 Å². The molecule has 0 spiro atoms. The van der Waals surface area contributed by atoms with Gasteiger partial charge in [0.2, 0.25) is 0 Å². The van der Waals surface area contributed by atoms with Crippen LogP contribution in [0.25, 0.3) is 46.4 Å². The summed E-state index contributed by atoms with van der Waals surface area (Å²) in [6.45, 7) is 1.11. The molecule has 7 rings (SSSR count). The molecule has 6 heterocycles. The van der Waals surface area contributed by atoms with Gasteiger partial charge in [-0.15, -0.1) is 0 Å². The number of nitrogens with zero attached hydrogens (tertiary/aromatic N) is 2. The summed E-state index contributed by atoms with van der Waals surface area (Å²) in [7, 11) is 0. The van der Waals surface area contributed by atoms with E-state index in [0.717, 1.165) is 51.4 Å². The van der Waals surface area contributed by atoms with Crippen molar-refractivity contribution in [3.05, 3.63) is 101 Å². The lowest BCUT2D eigenvalue weighted by Crippen LogP contribution is -1.90. The monoisotopic (exact) mass is 429 g/mol. The van der Waals surface area contributed by atoms with Crippen LogP contribution in [0.5, 0.6) is 0 Å². The van der Waals surface area contributed by atoms with Crippen molar-refractivity contribution >= 4 is 52.1 Å². The van der Waals surface area contributed by atoms with Gasteiger partial charge in [0.05, 0.1) is 22.8 Å². The number of anilines is 1. The largest absolute Gasteiger partial charge is 0.384 e. The number of hydrogen-bond donors (Lipinski definition) is 3. The first-order valence-corrected chi connectivity index (χ1v) is 11.1. The Kier molecular flexibility index (Phi) is 4.85. The number of rotatable bonds is 0. The molecule has 0 fully saturated rings. The van der Waals surface area contributed by atoms with Crippen molar-refractivity contribution in [1.29, 1.82) is 0 Å². The molecule has 1 aromatic carbocycles. The summed E-state index contributed by atoms with van der Waals surface area (Å²) in [5.41, 5.74) is 10.6. The zero-order valence-corrected chi connectivity index (χ0v) is 18.0. The molecule has 3 N–H and O–H groups in total. The minimum absolute atomic E-state index is 0.939. The van der Waals surface area contributed by atoms with Crippen LogP contribution in [0.3, 0.4) is 0 Å². The van der Waals surface area contributed by atoms with Gasteiger partial charge in [0.25, 0.3) is 0 Å². The SMILES string of the molecule is C1=Cc2cc3ccc(cc4nc(cc5ccc(cc1n2)[nH]5)C=C4)[nH]3.c1ccc2c(c1)CCN2. The lowest BCUT2D eigenvalue weighted by atomic mass is 10.2. The van der Waals surface area contributed by atoms with Gasteiger partial charge in [0, 0.05) is 34.3 Å². The number of nitrogens with one attached hydrogen (secondary N) is 3. The Bertz CT molecular complexity index is 1350. The number of para-hydroxylation sites is 1. The van der Waals surface area contributed by atoms with E-state index in [1.807, 2.05) is 48.6 Å².